The average molecular weight is 269 g/mol. The third kappa shape index (κ3) is 4.09. The zero-order valence-electron chi connectivity index (χ0n) is 11.6. The number of anilines is 2. The normalized spacial score (nSPS) is 10.2. The smallest absolute Gasteiger partial charge is 0.224 e. The van der Waals surface area contributed by atoms with Crippen LogP contribution in [-0.4, -0.2) is 10.9 Å². The molecule has 0 aliphatic heterocycles. The zero-order valence-corrected chi connectivity index (χ0v) is 11.6. The number of rotatable bonds is 5. The number of carbonyl (C=O) groups excluding carboxylic acids is 1. The van der Waals surface area contributed by atoms with Crippen LogP contribution in [0, 0.1) is 0 Å². The summed E-state index contributed by atoms with van der Waals surface area (Å²) >= 11 is 0. The first-order valence-electron chi connectivity index (χ1n) is 6.76. The average Bonchev–Trinajstić information content (AvgIpc) is 2.48. The first-order valence-corrected chi connectivity index (χ1v) is 6.76. The number of aromatic nitrogens is 1. The molecule has 1 amide bonds. The molecule has 3 N–H and O–H groups in total. The molecule has 104 valence electrons. The monoisotopic (exact) mass is 269 g/mol. The van der Waals surface area contributed by atoms with Crippen molar-refractivity contribution in [3.63, 3.8) is 0 Å². The molecular formula is C16H19N3O. The molecule has 0 unspecified atom stereocenters. The Kier molecular flexibility index (Phi) is 4.71. The summed E-state index contributed by atoms with van der Waals surface area (Å²) in [6.07, 6.45) is 3.78. The molecular weight excluding hydrogens is 250 g/mol. The molecule has 2 rings (SSSR count). The predicted octanol–water partition coefficient (Wildman–Crippen LogP) is 2.80. The second-order valence-corrected chi connectivity index (χ2v) is 4.69. The highest BCUT2D eigenvalue weighted by Crippen LogP contribution is 2.10. The lowest BCUT2D eigenvalue weighted by Gasteiger charge is -2.05. The highest BCUT2D eigenvalue weighted by atomic mass is 16.1. The summed E-state index contributed by atoms with van der Waals surface area (Å²) in [5.41, 5.74) is 8.65. The van der Waals surface area contributed by atoms with Crippen LogP contribution in [0.15, 0.2) is 42.6 Å². The number of nitrogen functional groups attached to an aromatic ring is 1. The molecule has 20 heavy (non-hydrogen) atoms. The number of pyridine rings is 1. The predicted molar refractivity (Wildman–Crippen MR) is 81.4 cm³/mol. The molecule has 0 saturated heterocycles. The molecule has 1 aromatic heterocycles. The summed E-state index contributed by atoms with van der Waals surface area (Å²) in [6.45, 7) is 2.13. The lowest BCUT2D eigenvalue weighted by molar-refractivity contribution is -0.116. The fourth-order valence-electron chi connectivity index (χ4n) is 1.90. The van der Waals surface area contributed by atoms with Crippen molar-refractivity contribution in [1.82, 2.24) is 4.98 Å². The van der Waals surface area contributed by atoms with Gasteiger partial charge in [0, 0.05) is 6.42 Å². The van der Waals surface area contributed by atoms with E-state index in [2.05, 4.69) is 41.5 Å². The van der Waals surface area contributed by atoms with E-state index in [0.717, 1.165) is 12.8 Å². The topological polar surface area (TPSA) is 68.0 Å². The summed E-state index contributed by atoms with van der Waals surface area (Å²) in [7, 11) is 0. The first-order chi connectivity index (χ1) is 9.67. The fourth-order valence-corrected chi connectivity index (χ4v) is 1.90. The van der Waals surface area contributed by atoms with Gasteiger partial charge in [-0.05, 0) is 36.1 Å². The lowest BCUT2D eigenvalue weighted by atomic mass is 10.1. The van der Waals surface area contributed by atoms with Gasteiger partial charge in [-0.15, -0.1) is 0 Å². The maximum Gasteiger partial charge on any atom is 0.224 e. The third-order valence-corrected chi connectivity index (χ3v) is 3.14. The van der Waals surface area contributed by atoms with Crippen LogP contribution in [-0.2, 0) is 17.6 Å². The summed E-state index contributed by atoms with van der Waals surface area (Å²) in [5.74, 6) is 0.426. The molecule has 0 spiro atoms. The number of nitrogens with zero attached hydrogens (tertiary/aromatic N) is 1. The summed E-state index contributed by atoms with van der Waals surface area (Å²) in [5, 5.41) is 2.80. The second kappa shape index (κ2) is 6.70. The van der Waals surface area contributed by atoms with E-state index in [1.54, 1.807) is 18.3 Å². The van der Waals surface area contributed by atoms with E-state index in [4.69, 9.17) is 5.73 Å². The van der Waals surface area contributed by atoms with Crippen molar-refractivity contribution in [3.05, 3.63) is 53.7 Å². The number of amides is 1. The van der Waals surface area contributed by atoms with Gasteiger partial charge in [0.1, 0.15) is 5.82 Å². The Hall–Kier alpha value is -2.36. The van der Waals surface area contributed by atoms with E-state index in [0.29, 0.717) is 17.9 Å². The van der Waals surface area contributed by atoms with Gasteiger partial charge in [-0.2, -0.15) is 0 Å². The fraction of sp³-hybridized carbons (Fsp3) is 0.250. The van der Waals surface area contributed by atoms with Gasteiger partial charge >= 0.3 is 0 Å². The van der Waals surface area contributed by atoms with Crippen molar-refractivity contribution in [1.29, 1.82) is 0 Å². The molecule has 0 aliphatic rings. The quantitative estimate of drug-likeness (QED) is 0.877. The van der Waals surface area contributed by atoms with E-state index < -0.39 is 0 Å². The highest BCUT2D eigenvalue weighted by molar-refractivity contribution is 5.90. The van der Waals surface area contributed by atoms with Crippen LogP contribution in [0.1, 0.15) is 24.5 Å². The molecule has 0 aliphatic carbocycles. The van der Waals surface area contributed by atoms with E-state index in [-0.39, 0.29) is 5.91 Å². The Morgan fingerprint density at radius 2 is 1.85 bits per heavy atom. The molecule has 4 heteroatoms. The lowest BCUT2D eigenvalue weighted by Crippen LogP contribution is -2.12. The molecule has 1 aromatic carbocycles. The van der Waals surface area contributed by atoms with E-state index in [1.807, 2.05) is 0 Å². The number of benzene rings is 1. The van der Waals surface area contributed by atoms with Gasteiger partial charge in [0.2, 0.25) is 5.91 Å². The molecule has 1 heterocycles. The maximum atomic E-state index is 11.8. The van der Waals surface area contributed by atoms with Crippen molar-refractivity contribution in [2.75, 3.05) is 11.1 Å². The highest BCUT2D eigenvalue weighted by Gasteiger charge is 2.03. The van der Waals surface area contributed by atoms with E-state index in [1.165, 1.54) is 11.1 Å². The van der Waals surface area contributed by atoms with Crippen LogP contribution in [0.4, 0.5) is 11.5 Å². The number of nitrogens with two attached hydrogens (primary N) is 1. The molecule has 0 bridgehead atoms. The minimum atomic E-state index is -0.0175. The Labute approximate surface area is 119 Å². The molecule has 2 aromatic rings. The van der Waals surface area contributed by atoms with Crippen molar-refractivity contribution in [2.24, 2.45) is 0 Å². The molecule has 0 saturated carbocycles. The van der Waals surface area contributed by atoms with Gasteiger partial charge in [-0.3, -0.25) is 4.79 Å². The minimum absolute atomic E-state index is 0.0175. The molecule has 0 atom stereocenters. The van der Waals surface area contributed by atoms with E-state index in [9.17, 15) is 4.79 Å². The maximum absolute atomic E-state index is 11.8. The van der Waals surface area contributed by atoms with Crippen LogP contribution in [0.25, 0.3) is 0 Å². The molecule has 0 fully saturated rings. The third-order valence-electron chi connectivity index (χ3n) is 3.14. The van der Waals surface area contributed by atoms with Crippen LogP contribution in [0.5, 0.6) is 0 Å². The van der Waals surface area contributed by atoms with E-state index >= 15 is 0 Å². The standard InChI is InChI=1S/C16H19N3O/c1-2-12-3-5-13(6-4-12)7-10-16(20)19-14-8-9-15(17)18-11-14/h3-6,8-9,11H,2,7,10H2,1H3,(H2,17,18)(H,19,20). The van der Waals surface area contributed by atoms with Crippen LogP contribution < -0.4 is 11.1 Å². The van der Waals surface area contributed by atoms with Crippen LogP contribution in [0.3, 0.4) is 0 Å². The largest absolute Gasteiger partial charge is 0.384 e. The zero-order chi connectivity index (χ0) is 14.4. The van der Waals surface area contributed by atoms with Gasteiger partial charge in [0.15, 0.2) is 0 Å². The second-order valence-electron chi connectivity index (χ2n) is 4.69. The SMILES string of the molecule is CCc1ccc(CCC(=O)Nc2ccc(N)nc2)cc1. The van der Waals surface area contributed by atoms with Gasteiger partial charge in [0.25, 0.3) is 0 Å². The number of aryl methyl sites for hydroxylation is 2. The Morgan fingerprint density at radius 3 is 2.45 bits per heavy atom. The van der Waals surface area contributed by atoms with Crippen molar-refractivity contribution in [2.45, 2.75) is 26.2 Å². The Morgan fingerprint density at radius 1 is 1.15 bits per heavy atom. The van der Waals surface area contributed by atoms with Gasteiger partial charge in [-0.1, -0.05) is 31.2 Å². The first kappa shape index (κ1) is 14.1. The minimum Gasteiger partial charge on any atom is -0.384 e. The van der Waals surface area contributed by atoms with Gasteiger partial charge in [0.05, 0.1) is 11.9 Å². The Bertz CT molecular complexity index is 561. The van der Waals surface area contributed by atoms with Crippen LogP contribution >= 0.6 is 0 Å². The summed E-state index contributed by atoms with van der Waals surface area (Å²) < 4.78 is 0. The van der Waals surface area contributed by atoms with Gasteiger partial charge in [-0.25, -0.2) is 4.98 Å². The van der Waals surface area contributed by atoms with Gasteiger partial charge < -0.3 is 11.1 Å². The summed E-state index contributed by atoms with van der Waals surface area (Å²) in [6, 6.07) is 11.8. The van der Waals surface area contributed by atoms with Crippen molar-refractivity contribution >= 4 is 17.4 Å². The van der Waals surface area contributed by atoms with Crippen LogP contribution in [0.2, 0.25) is 0 Å². The number of carbonyl (C=O) groups is 1. The van der Waals surface area contributed by atoms with Crippen molar-refractivity contribution < 1.29 is 4.79 Å². The number of hydrogen-bond donors (Lipinski definition) is 2. The summed E-state index contributed by atoms with van der Waals surface area (Å²) in [4.78, 5) is 15.8. The molecule has 0 radical (unpaired) electrons. The number of hydrogen-bond acceptors (Lipinski definition) is 3. The number of nitrogens with one attached hydrogen (secondary N) is 1. The molecule has 4 nitrogen and oxygen atoms in total. The van der Waals surface area contributed by atoms with Crippen molar-refractivity contribution in [3.8, 4) is 0 Å². The Balaban J connectivity index is 1.83.